The van der Waals surface area contributed by atoms with Crippen LogP contribution in [0.3, 0.4) is 0 Å². The Morgan fingerprint density at radius 3 is 2.44 bits per heavy atom. The number of nitrogens with zero attached hydrogens (tertiary/aromatic N) is 1. The average molecular weight is 405 g/mol. The molecule has 7 heteroatoms. The molecule has 27 heavy (non-hydrogen) atoms. The highest BCUT2D eigenvalue weighted by Crippen LogP contribution is 2.18. The molecule has 0 amide bonds. The van der Waals surface area contributed by atoms with Crippen LogP contribution in [0, 0.1) is 0 Å². The summed E-state index contributed by atoms with van der Waals surface area (Å²) in [5.41, 5.74) is 2.66. The number of rotatable bonds is 9. The zero-order valence-electron chi connectivity index (χ0n) is 14.8. The Labute approximate surface area is 164 Å². The van der Waals surface area contributed by atoms with Crippen LogP contribution < -0.4 is 4.72 Å². The van der Waals surface area contributed by atoms with Gasteiger partial charge in [-0.05, 0) is 42.7 Å². The molecule has 1 N–H and O–H groups in total. The molecule has 0 unspecified atom stereocenters. The van der Waals surface area contributed by atoms with E-state index in [1.807, 2.05) is 42.5 Å². The minimum absolute atomic E-state index is 0.247. The predicted molar refractivity (Wildman–Crippen MR) is 106 cm³/mol. The molecule has 5 nitrogen and oxygen atoms in total. The molecule has 3 rings (SSSR count). The largest absolute Gasteiger partial charge is 0.444 e. The molecule has 1 aromatic heterocycles. The number of halogens is 1. The third kappa shape index (κ3) is 5.42. The van der Waals surface area contributed by atoms with Crippen molar-refractivity contribution in [3.8, 4) is 11.5 Å². The number of hydrogen-bond donors (Lipinski definition) is 1. The summed E-state index contributed by atoms with van der Waals surface area (Å²) in [6.07, 6.45) is 3.72. The van der Waals surface area contributed by atoms with E-state index in [0.717, 1.165) is 24.0 Å². The fraction of sp³-hybridized carbons (Fsp3) is 0.250. The Morgan fingerprint density at radius 2 is 1.74 bits per heavy atom. The van der Waals surface area contributed by atoms with Crippen molar-refractivity contribution in [1.29, 1.82) is 0 Å². The number of oxazole rings is 1. The number of benzene rings is 2. The number of aryl methyl sites for hydroxylation is 1. The van der Waals surface area contributed by atoms with Gasteiger partial charge in [-0.2, -0.15) is 0 Å². The lowest BCUT2D eigenvalue weighted by Crippen LogP contribution is -2.26. The Hall–Kier alpha value is -2.15. The zero-order chi connectivity index (χ0) is 19.1. The quantitative estimate of drug-likeness (QED) is 0.546. The first-order valence-corrected chi connectivity index (χ1v) is 10.7. The number of sulfonamides is 1. The molecular formula is C20H21ClN2O3S. The molecule has 0 bridgehead atoms. The first-order chi connectivity index (χ1) is 13.1. The molecule has 0 spiro atoms. The van der Waals surface area contributed by atoms with E-state index in [4.69, 9.17) is 16.0 Å². The average Bonchev–Trinajstić information content (AvgIpc) is 3.16. The van der Waals surface area contributed by atoms with E-state index in [-0.39, 0.29) is 11.4 Å². The second-order valence-electron chi connectivity index (χ2n) is 6.09. The fourth-order valence-corrected chi connectivity index (χ4v) is 3.80. The first kappa shape index (κ1) is 19.6. The molecule has 0 aliphatic carbocycles. The molecule has 0 fully saturated rings. The lowest BCUT2D eigenvalue weighted by Gasteiger charge is -2.07. The standard InChI is InChI=1S/C20H21ClN2O3S/c21-13-4-5-16-8-10-19(11-9-16)27(24,25)22-14-12-18-15-26-20(23-18)17-6-2-1-3-7-17/h1-3,6-11,15,22H,4-5,12-14H2. The Balaban J connectivity index is 1.56. The summed E-state index contributed by atoms with van der Waals surface area (Å²) in [5, 5.41) is 0. The highest BCUT2D eigenvalue weighted by atomic mass is 35.5. The van der Waals surface area contributed by atoms with E-state index in [1.165, 1.54) is 0 Å². The van der Waals surface area contributed by atoms with E-state index in [0.29, 0.717) is 23.9 Å². The van der Waals surface area contributed by atoms with Gasteiger partial charge in [-0.15, -0.1) is 11.6 Å². The van der Waals surface area contributed by atoms with Gasteiger partial charge in [0.1, 0.15) is 6.26 Å². The van der Waals surface area contributed by atoms with Crippen molar-refractivity contribution in [1.82, 2.24) is 9.71 Å². The van der Waals surface area contributed by atoms with E-state index in [2.05, 4.69) is 9.71 Å². The second-order valence-corrected chi connectivity index (χ2v) is 8.24. The number of aromatic nitrogens is 1. The second kappa shape index (κ2) is 9.17. The van der Waals surface area contributed by atoms with Gasteiger partial charge in [0.25, 0.3) is 0 Å². The SMILES string of the molecule is O=S(=O)(NCCc1coc(-c2ccccc2)n1)c1ccc(CCCCl)cc1. The van der Waals surface area contributed by atoms with Gasteiger partial charge in [-0.1, -0.05) is 30.3 Å². The number of nitrogens with one attached hydrogen (secondary N) is 1. The molecule has 3 aromatic rings. The maximum atomic E-state index is 12.4. The van der Waals surface area contributed by atoms with Crippen LogP contribution in [0.4, 0.5) is 0 Å². The van der Waals surface area contributed by atoms with Crippen LogP contribution in [0.25, 0.3) is 11.5 Å². The summed E-state index contributed by atoms with van der Waals surface area (Å²) in [7, 11) is -3.55. The van der Waals surface area contributed by atoms with E-state index >= 15 is 0 Å². The molecule has 0 aliphatic rings. The number of alkyl halides is 1. The minimum atomic E-state index is -3.55. The van der Waals surface area contributed by atoms with Crippen LogP contribution in [0.15, 0.2) is 70.2 Å². The van der Waals surface area contributed by atoms with E-state index in [9.17, 15) is 8.42 Å². The maximum Gasteiger partial charge on any atom is 0.240 e. The monoisotopic (exact) mass is 404 g/mol. The normalized spacial score (nSPS) is 11.6. The van der Waals surface area contributed by atoms with Gasteiger partial charge >= 0.3 is 0 Å². The molecule has 0 atom stereocenters. The Bertz CT molecular complexity index is 954. The van der Waals surface area contributed by atoms with Crippen LogP contribution in [-0.2, 0) is 22.9 Å². The van der Waals surface area contributed by atoms with Crippen molar-refractivity contribution in [2.24, 2.45) is 0 Å². The van der Waals surface area contributed by atoms with Crippen molar-refractivity contribution in [3.63, 3.8) is 0 Å². The highest BCUT2D eigenvalue weighted by Gasteiger charge is 2.14. The molecule has 0 aliphatic heterocycles. The van der Waals surface area contributed by atoms with E-state index in [1.54, 1.807) is 18.4 Å². The Morgan fingerprint density at radius 1 is 1.00 bits per heavy atom. The Kier molecular flexibility index (Phi) is 6.66. The van der Waals surface area contributed by atoms with Crippen LogP contribution in [0.5, 0.6) is 0 Å². The summed E-state index contributed by atoms with van der Waals surface area (Å²) in [6, 6.07) is 16.5. The minimum Gasteiger partial charge on any atom is -0.444 e. The number of hydrogen-bond acceptors (Lipinski definition) is 4. The zero-order valence-corrected chi connectivity index (χ0v) is 16.3. The smallest absolute Gasteiger partial charge is 0.240 e. The van der Waals surface area contributed by atoms with Crippen LogP contribution in [0.2, 0.25) is 0 Å². The lowest BCUT2D eigenvalue weighted by atomic mass is 10.1. The molecule has 2 aromatic carbocycles. The maximum absolute atomic E-state index is 12.4. The molecule has 0 saturated heterocycles. The van der Waals surface area contributed by atoms with Crippen molar-refractivity contribution in [3.05, 3.63) is 72.1 Å². The molecular weight excluding hydrogens is 384 g/mol. The van der Waals surface area contributed by atoms with Gasteiger partial charge in [-0.3, -0.25) is 0 Å². The van der Waals surface area contributed by atoms with Crippen molar-refractivity contribution >= 4 is 21.6 Å². The third-order valence-corrected chi connectivity index (χ3v) is 5.82. The summed E-state index contributed by atoms with van der Waals surface area (Å²) in [5.74, 6) is 1.12. The van der Waals surface area contributed by atoms with Crippen molar-refractivity contribution < 1.29 is 12.8 Å². The lowest BCUT2D eigenvalue weighted by molar-refractivity contribution is 0.570. The van der Waals surface area contributed by atoms with Crippen LogP contribution in [-0.4, -0.2) is 25.8 Å². The van der Waals surface area contributed by atoms with Crippen molar-refractivity contribution in [2.75, 3.05) is 12.4 Å². The van der Waals surface area contributed by atoms with Crippen LogP contribution >= 0.6 is 11.6 Å². The van der Waals surface area contributed by atoms with E-state index < -0.39 is 10.0 Å². The van der Waals surface area contributed by atoms with Gasteiger partial charge in [0.15, 0.2) is 0 Å². The highest BCUT2D eigenvalue weighted by molar-refractivity contribution is 7.89. The van der Waals surface area contributed by atoms with Gasteiger partial charge in [-0.25, -0.2) is 18.1 Å². The van der Waals surface area contributed by atoms with Gasteiger partial charge in [0.05, 0.1) is 10.6 Å². The van der Waals surface area contributed by atoms with Gasteiger partial charge in [0, 0.05) is 24.4 Å². The van der Waals surface area contributed by atoms with Crippen molar-refractivity contribution in [2.45, 2.75) is 24.2 Å². The summed E-state index contributed by atoms with van der Waals surface area (Å²) < 4.78 is 32.9. The molecule has 0 radical (unpaired) electrons. The summed E-state index contributed by atoms with van der Waals surface area (Å²) in [6.45, 7) is 0.247. The molecule has 1 heterocycles. The molecule has 142 valence electrons. The summed E-state index contributed by atoms with van der Waals surface area (Å²) >= 11 is 5.68. The van der Waals surface area contributed by atoms with Crippen LogP contribution in [0.1, 0.15) is 17.7 Å². The predicted octanol–water partition coefficient (Wildman–Crippen LogP) is 4.03. The molecule has 0 saturated carbocycles. The van der Waals surface area contributed by atoms with Gasteiger partial charge in [0.2, 0.25) is 15.9 Å². The fourth-order valence-electron chi connectivity index (χ4n) is 2.64. The third-order valence-electron chi connectivity index (χ3n) is 4.08. The first-order valence-electron chi connectivity index (χ1n) is 8.73. The topological polar surface area (TPSA) is 72.2 Å². The van der Waals surface area contributed by atoms with Gasteiger partial charge < -0.3 is 4.42 Å². The summed E-state index contributed by atoms with van der Waals surface area (Å²) in [4.78, 5) is 4.65.